The molecule has 0 aliphatic rings. The summed E-state index contributed by atoms with van der Waals surface area (Å²) in [6, 6.07) is 16.4. The maximum absolute atomic E-state index is 8.92. The van der Waals surface area contributed by atoms with E-state index in [0.717, 1.165) is 23.5 Å². The molecule has 0 heterocycles. The highest BCUT2D eigenvalue weighted by Gasteiger charge is 2.07. The molecule has 0 saturated carbocycles. The Bertz CT molecular complexity index is 547. The third kappa shape index (κ3) is 4.31. The van der Waals surface area contributed by atoms with Gasteiger partial charge in [-0.05, 0) is 55.3 Å². The fourth-order valence-electron chi connectivity index (χ4n) is 2.39. The van der Waals surface area contributed by atoms with Crippen LogP contribution in [0.25, 0.3) is 0 Å². The zero-order valence-corrected chi connectivity index (χ0v) is 12.7. The molecule has 3 nitrogen and oxygen atoms in total. The number of nitrogens with one attached hydrogen (secondary N) is 1. The van der Waals surface area contributed by atoms with Gasteiger partial charge in [-0.3, -0.25) is 0 Å². The van der Waals surface area contributed by atoms with Crippen LogP contribution in [-0.2, 0) is 6.42 Å². The van der Waals surface area contributed by atoms with Crippen molar-refractivity contribution in [2.45, 2.75) is 25.8 Å². The van der Waals surface area contributed by atoms with Crippen LogP contribution in [0.5, 0.6) is 11.5 Å². The molecule has 0 spiro atoms. The Morgan fingerprint density at radius 3 is 2.48 bits per heavy atom. The molecule has 1 unspecified atom stereocenters. The minimum absolute atomic E-state index is 0.171. The van der Waals surface area contributed by atoms with Gasteiger partial charge in [-0.2, -0.15) is 0 Å². The zero-order valence-electron chi connectivity index (χ0n) is 12.7. The SMILES string of the molecule is CCC(NC)c1cccc(Oc2ccc(CCO)cc2)c1. The molecular weight excluding hydrogens is 262 g/mol. The van der Waals surface area contributed by atoms with Crippen LogP contribution in [0.2, 0.25) is 0 Å². The molecule has 0 bridgehead atoms. The molecule has 2 aromatic carbocycles. The van der Waals surface area contributed by atoms with Crippen molar-refractivity contribution in [3.63, 3.8) is 0 Å². The smallest absolute Gasteiger partial charge is 0.127 e. The number of rotatable bonds is 7. The third-order valence-electron chi connectivity index (χ3n) is 3.58. The van der Waals surface area contributed by atoms with Crippen LogP contribution in [0.3, 0.4) is 0 Å². The summed E-state index contributed by atoms with van der Waals surface area (Å²) < 4.78 is 5.90. The molecule has 0 aliphatic carbocycles. The van der Waals surface area contributed by atoms with Gasteiger partial charge in [0.25, 0.3) is 0 Å². The van der Waals surface area contributed by atoms with Gasteiger partial charge in [-0.15, -0.1) is 0 Å². The summed E-state index contributed by atoms with van der Waals surface area (Å²) >= 11 is 0. The molecule has 2 rings (SSSR count). The highest BCUT2D eigenvalue weighted by molar-refractivity contribution is 5.36. The van der Waals surface area contributed by atoms with Gasteiger partial charge in [-0.1, -0.05) is 31.2 Å². The largest absolute Gasteiger partial charge is 0.457 e. The average Bonchev–Trinajstić information content (AvgIpc) is 2.51. The molecule has 0 radical (unpaired) electrons. The Kier molecular flexibility index (Phi) is 5.78. The molecule has 0 saturated heterocycles. The first-order valence-electron chi connectivity index (χ1n) is 7.41. The van der Waals surface area contributed by atoms with E-state index in [4.69, 9.17) is 9.84 Å². The number of aliphatic hydroxyl groups excluding tert-OH is 1. The Morgan fingerprint density at radius 2 is 1.86 bits per heavy atom. The first-order chi connectivity index (χ1) is 10.3. The van der Waals surface area contributed by atoms with E-state index < -0.39 is 0 Å². The van der Waals surface area contributed by atoms with E-state index in [1.807, 2.05) is 43.4 Å². The van der Waals surface area contributed by atoms with Crippen molar-refractivity contribution in [2.75, 3.05) is 13.7 Å². The standard InChI is InChI=1S/C18H23NO2/c1-3-18(19-2)15-5-4-6-17(13-15)21-16-9-7-14(8-10-16)11-12-20/h4-10,13,18-20H,3,11-12H2,1-2H3. The Balaban J connectivity index is 2.10. The first-order valence-corrected chi connectivity index (χ1v) is 7.41. The molecule has 0 fully saturated rings. The summed E-state index contributed by atoms with van der Waals surface area (Å²) in [5.74, 6) is 1.66. The molecule has 21 heavy (non-hydrogen) atoms. The van der Waals surface area contributed by atoms with Crippen LogP contribution in [0, 0.1) is 0 Å². The molecule has 2 aromatic rings. The fraction of sp³-hybridized carbons (Fsp3) is 0.333. The lowest BCUT2D eigenvalue weighted by atomic mass is 10.0. The number of benzene rings is 2. The molecular formula is C18H23NO2. The molecule has 0 amide bonds. The molecule has 0 aromatic heterocycles. The van der Waals surface area contributed by atoms with Gasteiger partial charge in [-0.25, -0.2) is 0 Å². The summed E-state index contributed by atoms with van der Waals surface area (Å²) in [5.41, 5.74) is 2.34. The maximum Gasteiger partial charge on any atom is 0.127 e. The molecule has 0 aliphatic heterocycles. The second-order valence-corrected chi connectivity index (χ2v) is 5.04. The van der Waals surface area contributed by atoms with Crippen molar-refractivity contribution in [1.29, 1.82) is 0 Å². The van der Waals surface area contributed by atoms with Crippen LogP contribution >= 0.6 is 0 Å². The third-order valence-corrected chi connectivity index (χ3v) is 3.58. The van der Waals surface area contributed by atoms with Gasteiger partial charge in [0.05, 0.1) is 0 Å². The number of hydrogen-bond acceptors (Lipinski definition) is 3. The number of hydrogen-bond donors (Lipinski definition) is 2. The lowest BCUT2D eigenvalue weighted by Gasteiger charge is -2.15. The van der Waals surface area contributed by atoms with Crippen molar-refractivity contribution in [2.24, 2.45) is 0 Å². The average molecular weight is 285 g/mol. The Morgan fingerprint density at radius 1 is 1.10 bits per heavy atom. The highest BCUT2D eigenvalue weighted by atomic mass is 16.5. The zero-order chi connectivity index (χ0) is 15.1. The van der Waals surface area contributed by atoms with Crippen molar-refractivity contribution in [3.05, 3.63) is 59.7 Å². The van der Waals surface area contributed by atoms with Gasteiger partial charge in [0.2, 0.25) is 0 Å². The van der Waals surface area contributed by atoms with E-state index in [1.165, 1.54) is 5.56 Å². The van der Waals surface area contributed by atoms with Gasteiger partial charge in [0.15, 0.2) is 0 Å². The summed E-state index contributed by atoms with van der Waals surface area (Å²) in [7, 11) is 1.97. The summed E-state index contributed by atoms with van der Waals surface area (Å²) in [6.45, 7) is 2.33. The summed E-state index contributed by atoms with van der Waals surface area (Å²) in [6.07, 6.45) is 1.71. The lowest BCUT2D eigenvalue weighted by molar-refractivity contribution is 0.299. The summed E-state index contributed by atoms with van der Waals surface area (Å²) in [5, 5.41) is 12.2. The minimum atomic E-state index is 0.171. The van der Waals surface area contributed by atoms with Gasteiger partial charge in [0.1, 0.15) is 11.5 Å². The van der Waals surface area contributed by atoms with Crippen molar-refractivity contribution in [3.8, 4) is 11.5 Å². The second-order valence-electron chi connectivity index (χ2n) is 5.04. The van der Waals surface area contributed by atoms with Crippen LogP contribution < -0.4 is 10.1 Å². The minimum Gasteiger partial charge on any atom is -0.457 e. The predicted octanol–water partition coefficient (Wildman–Crippen LogP) is 3.68. The van der Waals surface area contributed by atoms with Crippen molar-refractivity contribution in [1.82, 2.24) is 5.32 Å². The van der Waals surface area contributed by atoms with E-state index in [0.29, 0.717) is 12.5 Å². The number of ether oxygens (including phenoxy) is 1. The van der Waals surface area contributed by atoms with Crippen LogP contribution in [-0.4, -0.2) is 18.8 Å². The van der Waals surface area contributed by atoms with Crippen molar-refractivity contribution >= 4 is 0 Å². The Labute approximate surface area is 126 Å². The molecule has 2 N–H and O–H groups in total. The topological polar surface area (TPSA) is 41.5 Å². The normalized spacial score (nSPS) is 12.1. The van der Waals surface area contributed by atoms with E-state index in [-0.39, 0.29) is 6.61 Å². The predicted molar refractivity (Wildman–Crippen MR) is 85.8 cm³/mol. The summed E-state index contributed by atoms with van der Waals surface area (Å²) in [4.78, 5) is 0. The van der Waals surface area contributed by atoms with Crippen LogP contribution in [0.4, 0.5) is 0 Å². The van der Waals surface area contributed by atoms with Gasteiger partial charge in [0, 0.05) is 12.6 Å². The van der Waals surface area contributed by atoms with Gasteiger partial charge >= 0.3 is 0 Å². The quantitative estimate of drug-likeness (QED) is 0.815. The highest BCUT2D eigenvalue weighted by Crippen LogP contribution is 2.26. The van der Waals surface area contributed by atoms with E-state index in [1.54, 1.807) is 0 Å². The molecule has 1 atom stereocenters. The molecule has 112 valence electrons. The first kappa shape index (κ1) is 15.5. The van der Waals surface area contributed by atoms with Gasteiger partial charge < -0.3 is 15.2 Å². The van der Waals surface area contributed by atoms with Crippen LogP contribution in [0.1, 0.15) is 30.5 Å². The van der Waals surface area contributed by atoms with Crippen LogP contribution in [0.15, 0.2) is 48.5 Å². The monoisotopic (exact) mass is 285 g/mol. The van der Waals surface area contributed by atoms with Crippen molar-refractivity contribution < 1.29 is 9.84 Å². The van der Waals surface area contributed by atoms with E-state index in [9.17, 15) is 0 Å². The second kappa shape index (κ2) is 7.81. The Hall–Kier alpha value is -1.84. The fourth-order valence-corrected chi connectivity index (χ4v) is 2.39. The molecule has 3 heteroatoms. The maximum atomic E-state index is 8.92. The number of aliphatic hydroxyl groups is 1. The lowest BCUT2D eigenvalue weighted by Crippen LogP contribution is -2.14. The van der Waals surface area contributed by atoms with E-state index in [2.05, 4.69) is 24.4 Å². The van der Waals surface area contributed by atoms with E-state index >= 15 is 0 Å².